The highest BCUT2D eigenvalue weighted by molar-refractivity contribution is 14.1. The van der Waals surface area contributed by atoms with Crippen molar-refractivity contribution >= 4 is 102 Å². The summed E-state index contributed by atoms with van der Waals surface area (Å²) in [6.07, 6.45) is 0. The lowest BCUT2D eigenvalue weighted by Crippen LogP contribution is -2.14. The maximum absolute atomic E-state index is 11.1. The third-order valence-electron chi connectivity index (χ3n) is 1.69. The van der Waals surface area contributed by atoms with Crippen LogP contribution in [0.15, 0.2) is 0 Å². The second-order valence-corrected chi connectivity index (χ2v) is 6.93. The Kier molecular flexibility index (Phi) is 5.50. The van der Waals surface area contributed by atoms with Crippen LogP contribution in [-0.2, 0) is 0 Å². The van der Waals surface area contributed by atoms with Gasteiger partial charge in [-0.05, 0) is 90.4 Å². The summed E-state index contributed by atoms with van der Waals surface area (Å²) >= 11 is 7.56. The van der Waals surface area contributed by atoms with E-state index in [1.165, 1.54) is 0 Å². The molecule has 0 amide bonds. The highest BCUT2D eigenvalue weighted by Gasteiger charge is 2.26. The third kappa shape index (κ3) is 2.73. The lowest BCUT2D eigenvalue weighted by Gasteiger charge is -2.11. The van der Waals surface area contributed by atoms with E-state index in [9.17, 15) is 9.59 Å². The SMILES string of the molecule is O=C(O)c1c(I)c(I)c(I)c(C(=O)O)c1I. The summed E-state index contributed by atoms with van der Waals surface area (Å²) in [6.45, 7) is 0. The van der Waals surface area contributed by atoms with Gasteiger partial charge >= 0.3 is 11.9 Å². The van der Waals surface area contributed by atoms with E-state index in [0.29, 0.717) is 10.7 Å². The molecule has 2 N–H and O–H groups in total. The number of carbonyl (C=O) groups is 2. The van der Waals surface area contributed by atoms with Gasteiger partial charge in [0.05, 0.1) is 11.1 Å². The van der Waals surface area contributed by atoms with E-state index in [1.807, 2.05) is 67.8 Å². The maximum Gasteiger partial charge on any atom is 0.337 e. The zero-order valence-electron chi connectivity index (χ0n) is 7.22. The maximum atomic E-state index is 11.1. The number of hydrogen-bond acceptors (Lipinski definition) is 2. The summed E-state index contributed by atoms with van der Waals surface area (Å²) in [5.41, 5.74) is 0.117. The third-order valence-corrected chi connectivity index (χ3v) is 8.07. The van der Waals surface area contributed by atoms with Crippen LogP contribution in [0.2, 0.25) is 0 Å². The topological polar surface area (TPSA) is 74.6 Å². The van der Waals surface area contributed by atoms with Gasteiger partial charge < -0.3 is 10.2 Å². The molecule has 0 fully saturated rings. The largest absolute Gasteiger partial charge is 0.478 e. The minimum atomic E-state index is -1.11. The molecule has 0 saturated heterocycles. The van der Waals surface area contributed by atoms with Crippen LogP contribution in [0.3, 0.4) is 0 Å². The average Bonchev–Trinajstić information content (AvgIpc) is 2.13. The van der Waals surface area contributed by atoms with E-state index in [0.717, 1.165) is 0 Å². The molecule has 1 aromatic carbocycles. The molecule has 0 atom stereocenters. The first-order valence-electron chi connectivity index (χ1n) is 3.61. The van der Waals surface area contributed by atoms with Crippen LogP contribution in [-0.4, -0.2) is 22.2 Å². The molecule has 0 radical (unpaired) electrons. The first-order chi connectivity index (χ1) is 7.29. The molecular formula is C8H2I4O4. The Morgan fingerprint density at radius 2 is 1.00 bits per heavy atom. The van der Waals surface area contributed by atoms with Crippen molar-refractivity contribution in [1.82, 2.24) is 0 Å². The number of rotatable bonds is 2. The first-order valence-corrected chi connectivity index (χ1v) is 7.93. The van der Waals surface area contributed by atoms with Gasteiger partial charge in [-0.3, -0.25) is 0 Å². The van der Waals surface area contributed by atoms with E-state index in [2.05, 4.69) is 0 Å². The molecule has 0 aliphatic rings. The number of halogens is 4. The molecule has 0 spiro atoms. The fourth-order valence-electron chi connectivity index (χ4n) is 1.01. The molecular weight excluding hydrogens is 668 g/mol. The number of benzene rings is 1. The van der Waals surface area contributed by atoms with Crippen LogP contribution in [0.5, 0.6) is 0 Å². The number of hydrogen-bond donors (Lipinski definition) is 2. The molecule has 16 heavy (non-hydrogen) atoms. The highest BCUT2D eigenvalue weighted by Crippen LogP contribution is 2.32. The molecule has 0 saturated carbocycles. The molecule has 0 aliphatic carbocycles. The van der Waals surface area contributed by atoms with Gasteiger partial charge in [0.25, 0.3) is 0 Å². The number of carboxylic acids is 2. The minimum Gasteiger partial charge on any atom is -0.478 e. The molecule has 1 aromatic rings. The Morgan fingerprint density at radius 3 is 1.25 bits per heavy atom. The van der Waals surface area contributed by atoms with Crippen LogP contribution < -0.4 is 0 Å². The summed E-state index contributed by atoms with van der Waals surface area (Å²) in [6, 6.07) is 0. The smallest absolute Gasteiger partial charge is 0.337 e. The predicted octanol–water partition coefficient (Wildman–Crippen LogP) is 3.50. The highest BCUT2D eigenvalue weighted by atomic mass is 127. The van der Waals surface area contributed by atoms with Crippen molar-refractivity contribution in [3.8, 4) is 0 Å². The molecule has 4 nitrogen and oxygen atoms in total. The molecule has 8 heteroatoms. The van der Waals surface area contributed by atoms with Crippen molar-refractivity contribution in [3.63, 3.8) is 0 Å². The number of aromatic carboxylic acids is 2. The van der Waals surface area contributed by atoms with Gasteiger partial charge in [0.1, 0.15) is 0 Å². The minimum absolute atomic E-state index is 0.0587. The monoisotopic (exact) mass is 670 g/mol. The zero-order valence-corrected chi connectivity index (χ0v) is 15.9. The van der Waals surface area contributed by atoms with Gasteiger partial charge in [0.2, 0.25) is 0 Å². The summed E-state index contributed by atoms with van der Waals surface area (Å²) in [5, 5.41) is 18.1. The van der Waals surface area contributed by atoms with E-state index in [1.54, 1.807) is 22.6 Å². The molecule has 0 heterocycles. The van der Waals surface area contributed by atoms with Gasteiger partial charge in [-0.1, -0.05) is 0 Å². The van der Waals surface area contributed by atoms with Crippen molar-refractivity contribution in [2.24, 2.45) is 0 Å². The Bertz CT molecular complexity index is 456. The molecule has 0 bridgehead atoms. The zero-order chi connectivity index (χ0) is 12.6. The van der Waals surface area contributed by atoms with Crippen LogP contribution in [0.1, 0.15) is 20.7 Å². The fraction of sp³-hybridized carbons (Fsp3) is 0. The molecule has 0 aromatic heterocycles. The Labute approximate surface area is 145 Å². The van der Waals surface area contributed by atoms with Crippen molar-refractivity contribution in [2.75, 3.05) is 0 Å². The van der Waals surface area contributed by atoms with E-state index in [-0.39, 0.29) is 14.7 Å². The lowest BCUT2D eigenvalue weighted by molar-refractivity contribution is 0.0694. The van der Waals surface area contributed by atoms with Gasteiger partial charge in [-0.25, -0.2) is 9.59 Å². The summed E-state index contributed by atoms with van der Waals surface area (Å²) in [4.78, 5) is 22.1. The van der Waals surface area contributed by atoms with Gasteiger partial charge in [-0.2, -0.15) is 0 Å². The van der Waals surface area contributed by atoms with Crippen LogP contribution in [0.4, 0.5) is 0 Å². The van der Waals surface area contributed by atoms with Crippen LogP contribution in [0, 0.1) is 14.3 Å². The molecule has 0 unspecified atom stereocenters. The van der Waals surface area contributed by atoms with E-state index < -0.39 is 11.9 Å². The number of carboxylic acid groups (broad SMARTS) is 2. The van der Waals surface area contributed by atoms with E-state index in [4.69, 9.17) is 10.2 Å². The summed E-state index contributed by atoms with van der Waals surface area (Å²) in [7, 11) is 0. The van der Waals surface area contributed by atoms with Crippen molar-refractivity contribution in [2.45, 2.75) is 0 Å². The standard InChI is InChI=1S/C8H2I4O4/c9-3-1(7(13)14)4(10)6(12)5(11)2(3)8(15)16/h(H,13,14)(H,15,16). The Balaban J connectivity index is 3.80. The second kappa shape index (κ2) is 5.81. The van der Waals surface area contributed by atoms with Crippen molar-refractivity contribution in [3.05, 3.63) is 25.4 Å². The first kappa shape index (κ1) is 15.1. The van der Waals surface area contributed by atoms with Crippen molar-refractivity contribution < 1.29 is 19.8 Å². The molecule has 0 aliphatic heterocycles. The summed E-state index contributed by atoms with van der Waals surface area (Å²) in [5.74, 6) is -2.21. The molecule has 1 rings (SSSR count). The summed E-state index contributed by atoms with van der Waals surface area (Å²) < 4.78 is 2.08. The Morgan fingerprint density at radius 1 is 0.688 bits per heavy atom. The van der Waals surface area contributed by atoms with Crippen LogP contribution in [0.25, 0.3) is 0 Å². The average molecular weight is 670 g/mol. The van der Waals surface area contributed by atoms with Gasteiger partial charge in [-0.15, -0.1) is 0 Å². The van der Waals surface area contributed by atoms with Crippen LogP contribution >= 0.6 is 90.4 Å². The van der Waals surface area contributed by atoms with Gasteiger partial charge in [0.15, 0.2) is 0 Å². The second-order valence-electron chi connectivity index (χ2n) is 2.62. The fourth-order valence-corrected chi connectivity index (χ4v) is 5.64. The van der Waals surface area contributed by atoms with E-state index >= 15 is 0 Å². The van der Waals surface area contributed by atoms with Crippen molar-refractivity contribution in [1.29, 1.82) is 0 Å². The lowest BCUT2D eigenvalue weighted by atomic mass is 10.1. The predicted molar refractivity (Wildman–Crippen MR) is 91.2 cm³/mol. The Hall–Kier alpha value is 1.08. The van der Waals surface area contributed by atoms with Gasteiger partial charge in [0, 0.05) is 14.3 Å². The normalized spacial score (nSPS) is 10.2. The quantitative estimate of drug-likeness (QED) is 0.288. The molecule has 86 valence electrons.